The zero-order valence-corrected chi connectivity index (χ0v) is 12.4. The Morgan fingerprint density at radius 3 is 2.55 bits per heavy atom. The predicted molar refractivity (Wildman–Crippen MR) is 79.3 cm³/mol. The van der Waals surface area contributed by atoms with Crippen molar-refractivity contribution in [2.24, 2.45) is 0 Å². The minimum absolute atomic E-state index is 0. The van der Waals surface area contributed by atoms with Gasteiger partial charge in [0.15, 0.2) is 0 Å². The van der Waals surface area contributed by atoms with E-state index in [0.29, 0.717) is 11.1 Å². The molecule has 1 unspecified atom stereocenters. The highest BCUT2D eigenvalue weighted by atomic mass is 16.2. The van der Waals surface area contributed by atoms with E-state index >= 15 is 0 Å². The van der Waals surface area contributed by atoms with Gasteiger partial charge in [-0.15, -0.1) is 0 Å². The molecule has 1 aromatic rings. The number of hydrogen-bond donors (Lipinski definition) is 1. The van der Waals surface area contributed by atoms with Crippen LogP contribution in [0.25, 0.3) is 0 Å². The number of nitrogens with zero attached hydrogens (tertiary/aromatic N) is 1. The van der Waals surface area contributed by atoms with Crippen LogP contribution < -0.4 is 5.32 Å². The Bertz CT molecular complexity index is 714. The molecule has 6 nitrogen and oxygen atoms in total. The summed E-state index contributed by atoms with van der Waals surface area (Å²) in [6.07, 6.45) is 0.300. The molecule has 0 radical (unpaired) electrons. The zero-order chi connectivity index (χ0) is 16.0. The van der Waals surface area contributed by atoms with E-state index in [1.807, 2.05) is 19.9 Å². The molecule has 0 saturated carbocycles. The van der Waals surface area contributed by atoms with Gasteiger partial charge in [0.05, 0.1) is 11.1 Å². The maximum Gasteiger partial charge on any atom is 0.262 e. The molecular formula is C16H18N2O4. The third kappa shape index (κ3) is 2.03. The van der Waals surface area contributed by atoms with Crippen molar-refractivity contribution in [1.29, 1.82) is 0 Å². The molecule has 2 aliphatic rings. The number of hydrogen-bond acceptors (Lipinski definition) is 4. The van der Waals surface area contributed by atoms with Crippen molar-refractivity contribution < 1.29 is 20.6 Å². The molecule has 2 aliphatic heterocycles. The third-order valence-electron chi connectivity index (χ3n) is 4.12. The van der Waals surface area contributed by atoms with Gasteiger partial charge in [-0.2, -0.15) is 0 Å². The lowest BCUT2D eigenvalue weighted by molar-refractivity contribution is -0.136. The van der Waals surface area contributed by atoms with Crippen molar-refractivity contribution in [2.45, 2.75) is 38.6 Å². The van der Waals surface area contributed by atoms with E-state index in [9.17, 15) is 19.2 Å². The Labute approximate surface area is 129 Å². The van der Waals surface area contributed by atoms with Gasteiger partial charge in [-0.3, -0.25) is 29.4 Å². The summed E-state index contributed by atoms with van der Waals surface area (Å²) in [5.74, 6) is -1.78. The van der Waals surface area contributed by atoms with Crippen molar-refractivity contribution in [3.05, 3.63) is 34.9 Å². The smallest absolute Gasteiger partial charge is 0.262 e. The van der Waals surface area contributed by atoms with E-state index in [-0.39, 0.29) is 26.1 Å². The van der Waals surface area contributed by atoms with Crippen LogP contribution in [0, 0.1) is 0 Å². The highest BCUT2D eigenvalue weighted by Gasteiger charge is 2.45. The molecule has 1 saturated heterocycles. The molecule has 0 spiro atoms. The molecule has 0 aliphatic carbocycles. The number of carbonyl (C=O) groups is 4. The first-order valence-corrected chi connectivity index (χ1v) is 7.26. The molecule has 116 valence electrons. The molecule has 2 heterocycles. The summed E-state index contributed by atoms with van der Waals surface area (Å²) in [5, 5.41) is 2.19. The van der Waals surface area contributed by atoms with E-state index in [4.69, 9.17) is 0 Å². The summed E-state index contributed by atoms with van der Waals surface area (Å²) in [4.78, 5) is 49.5. The van der Waals surface area contributed by atoms with E-state index in [0.717, 1.165) is 10.5 Å². The van der Waals surface area contributed by atoms with Gasteiger partial charge in [-0.05, 0) is 24.0 Å². The first kappa shape index (κ1) is 14.4. The van der Waals surface area contributed by atoms with Gasteiger partial charge in [0.1, 0.15) is 6.04 Å². The molecule has 1 N–H and O–H groups in total. The fourth-order valence-electron chi connectivity index (χ4n) is 3.02. The molecule has 4 amide bonds. The number of carbonyl (C=O) groups excluding carboxylic acids is 4. The minimum atomic E-state index is -0.912. The molecule has 6 heteroatoms. The number of piperidine rings is 1. The van der Waals surface area contributed by atoms with Crippen molar-refractivity contribution in [3.63, 3.8) is 0 Å². The van der Waals surface area contributed by atoms with Crippen LogP contribution in [0.2, 0.25) is 0 Å². The molecule has 1 aromatic carbocycles. The fraction of sp³-hybridized carbons (Fsp3) is 0.375. The summed E-state index contributed by atoms with van der Waals surface area (Å²) in [6.45, 7) is 3.89. The monoisotopic (exact) mass is 302 g/mol. The Balaban J connectivity index is 0.00000192. The van der Waals surface area contributed by atoms with Crippen molar-refractivity contribution in [3.8, 4) is 0 Å². The SMILES string of the molecule is CC(C)c1cccc2c1C(=O)N(C1CCC(=O)NC1=O)C2=O.[HH]. The molecular weight excluding hydrogens is 284 g/mol. The summed E-state index contributed by atoms with van der Waals surface area (Å²) in [7, 11) is 0. The predicted octanol–water partition coefficient (Wildman–Crippen LogP) is 1.46. The average molecular weight is 302 g/mol. The summed E-state index contributed by atoms with van der Waals surface area (Å²) in [6, 6.07) is 4.26. The molecule has 22 heavy (non-hydrogen) atoms. The summed E-state index contributed by atoms with van der Waals surface area (Å²) < 4.78 is 0. The normalized spacial score (nSPS) is 21.4. The number of fused-ring (bicyclic) bond motifs is 1. The van der Waals surface area contributed by atoms with Crippen LogP contribution in [0.3, 0.4) is 0 Å². The van der Waals surface area contributed by atoms with Gasteiger partial charge in [-0.25, -0.2) is 0 Å². The first-order valence-electron chi connectivity index (χ1n) is 7.26. The Morgan fingerprint density at radius 1 is 1.18 bits per heavy atom. The average Bonchev–Trinajstić information content (AvgIpc) is 2.72. The second-order valence-corrected chi connectivity index (χ2v) is 5.87. The maximum atomic E-state index is 12.7. The highest BCUT2D eigenvalue weighted by molar-refractivity contribution is 6.24. The standard InChI is InChI=1S/C16H16N2O4.H2/c1-8(2)9-4-3-5-10-13(9)16(22)18(15(10)21)11-6-7-12(19)17-14(11)20;/h3-5,8,11H,6-7H2,1-2H3,(H,17,19,20);1H. The molecule has 0 aromatic heterocycles. The lowest BCUT2D eigenvalue weighted by Gasteiger charge is -2.27. The van der Waals surface area contributed by atoms with Gasteiger partial charge < -0.3 is 0 Å². The molecule has 3 rings (SSSR count). The number of nitrogens with one attached hydrogen (secondary N) is 1. The lowest BCUT2D eigenvalue weighted by Crippen LogP contribution is -2.54. The quantitative estimate of drug-likeness (QED) is 0.838. The van der Waals surface area contributed by atoms with Gasteiger partial charge >= 0.3 is 0 Å². The van der Waals surface area contributed by atoms with E-state index in [2.05, 4.69) is 5.32 Å². The van der Waals surface area contributed by atoms with Crippen LogP contribution in [-0.2, 0) is 9.59 Å². The Morgan fingerprint density at radius 2 is 1.91 bits per heavy atom. The fourth-order valence-corrected chi connectivity index (χ4v) is 3.02. The van der Waals surface area contributed by atoms with Crippen molar-refractivity contribution in [2.75, 3.05) is 0 Å². The van der Waals surface area contributed by atoms with Crippen LogP contribution in [0.5, 0.6) is 0 Å². The van der Waals surface area contributed by atoms with Gasteiger partial charge in [0.2, 0.25) is 11.8 Å². The van der Waals surface area contributed by atoms with Gasteiger partial charge in [0.25, 0.3) is 11.8 Å². The van der Waals surface area contributed by atoms with Crippen LogP contribution in [0.4, 0.5) is 0 Å². The summed E-state index contributed by atoms with van der Waals surface area (Å²) in [5.41, 5.74) is 1.51. The van der Waals surface area contributed by atoms with E-state index in [1.54, 1.807) is 12.1 Å². The molecule has 1 atom stereocenters. The van der Waals surface area contributed by atoms with Crippen molar-refractivity contribution >= 4 is 23.6 Å². The summed E-state index contributed by atoms with van der Waals surface area (Å²) >= 11 is 0. The zero-order valence-electron chi connectivity index (χ0n) is 12.4. The molecule has 1 fully saturated rings. The second-order valence-electron chi connectivity index (χ2n) is 5.87. The van der Waals surface area contributed by atoms with Crippen molar-refractivity contribution in [1.82, 2.24) is 10.2 Å². The minimum Gasteiger partial charge on any atom is -0.295 e. The van der Waals surface area contributed by atoms with Crippen LogP contribution in [0.1, 0.15) is 60.3 Å². The van der Waals surface area contributed by atoms with Gasteiger partial charge in [-0.1, -0.05) is 26.0 Å². The number of imide groups is 2. The largest absolute Gasteiger partial charge is 0.295 e. The number of amides is 4. The third-order valence-corrected chi connectivity index (χ3v) is 4.12. The second kappa shape index (κ2) is 5.05. The highest BCUT2D eigenvalue weighted by Crippen LogP contribution is 2.32. The van der Waals surface area contributed by atoms with E-state index in [1.165, 1.54) is 0 Å². The van der Waals surface area contributed by atoms with Crippen LogP contribution in [-0.4, -0.2) is 34.6 Å². The Hall–Kier alpha value is -2.50. The van der Waals surface area contributed by atoms with Crippen LogP contribution in [0.15, 0.2) is 18.2 Å². The molecule has 0 bridgehead atoms. The Kier molecular flexibility index (Phi) is 3.31. The van der Waals surface area contributed by atoms with Crippen LogP contribution >= 0.6 is 0 Å². The topological polar surface area (TPSA) is 83.6 Å². The van der Waals surface area contributed by atoms with Gasteiger partial charge in [0, 0.05) is 7.85 Å². The number of rotatable bonds is 2. The lowest BCUT2D eigenvalue weighted by atomic mass is 9.94. The van der Waals surface area contributed by atoms with E-state index < -0.39 is 23.8 Å². The first-order chi connectivity index (χ1) is 10.4. The maximum absolute atomic E-state index is 12.7. The number of benzene rings is 1.